The van der Waals surface area contributed by atoms with Gasteiger partial charge in [0.2, 0.25) is 5.89 Å². The Bertz CT molecular complexity index is 350. The molecule has 0 aliphatic rings. The monoisotopic (exact) mass is 255 g/mol. The third kappa shape index (κ3) is 4.07. The van der Waals surface area contributed by atoms with Crippen LogP contribution in [0.5, 0.6) is 0 Å². The largest absolute Gasteiger partial charge is 0.379 e. The molecule has 0 spiro atoms. The van der Waals surface area contributed by atoms with Gasteiger partial charge in [-0.25, -0.2) is 0 Å². The van der Waals surface area contributed by atoms with Crippen molar-refractivity contribution in [3.05, 3.63) is 11.7 Å². The van der Waals surface area contributed by atoms with E-state index in [4.69, 9.17) is 15.0 Å². The molecule has 0 bridgehead atoms. The first-order chi connectivity index (χ1) is 8.51. The van der Waals surface area contributed by atoms with Gasteiger partial charge < -0.3 is 15.0 Å². The van der Waals surface area contributed by atoms with Crippen LogP contribution in [0.15, 0.2) is 4.52 Å². The summed E-state index contributed by atoms with van der Waals surface area (Å²) in [5.74, 6) is 1.47. The van der Waals surface area contributed by atoms with Crippen LogP contribution in [0.2, 0.25) is 0 Å². The van der Waals surface area contributed by atoms with Gasteiger partial charge in [0.15, 0.2) is 5.82 Å². The Hall–Kier alpha value is -0.940. The van der Waals surface area contributed by atoms with Gasteiger partial charge >= 0.3 is 0 Å². The zero-order valence-electron chi connectivity index (χ0n) is 11.9. The molecule has 104 valence electrons. The summed E-state index contributed by atoms with van der Waals surface area (Å²) in [6.45, 7) is 9.25. The van der Waals surface area contributed by atoms with E-state index in [1.54, 1.807) is 0 Å². The summed E-state index contributed by atoms with van der Waals surface area (Å²) in [4.78, 5) is 4.40. The Morgan fingerprint density at radius 2 is 2.11 bits per heavy atom. The van der Waals surface area contributed by atoms with Crippen molar-refractivity contribution in [1.82, 2.24) is 10.1 Å². The SMILES string of the molecule is CCCOCC(C)(N)c1noc(C(C)CCC)n1. The van der Waals surface area contributed by atoms with Gasteiger partial charge in [-0.3, -0.25) is 0 Å². The molecule has 1 rings (SSSR count). The summed E-state index contributed by atoms with van der Waals surface area (Å²) in [5.41, 5.74) is 5.46. The highest BCUT2D eigenvalue weighted by Crippen LogP contribution is 2.22. The smallest absolute Gasteiger partial charge is 0.229 e. The van der Waals surface area contributed by atoms with Crippen LogP contribution in [-0.2, 0) is 10.3 Å². The van der Waals surface area contributed by atoms with Crippen molar-refractivity contribution in [3.8, 4) is 0 Å². The van der Waals surface area contributed by atoms with Gasteiger partial charge in [0, 0.05) is 12.5 Å². The summed E-state index contributed by atoms with van der Waals surface area (Å²) < 4.78 is 10.7. The average molecular weight is 255 g/mol. The molecule has 0 radical (unpaired) electrons. The van der Waals surface area contributed by atoms with Crippen molar-refractivity contribution in [2.24, 2.45) is 5.73 Å². The van der Waals surface area contributed by atoms with Crippen LogP contribution in [0.1, 0.15) is 64.6 Å². The van der Waals surface area contributed by atoms with Crippen molar-refractivity contribution in [2.75, 3.05) is 13.2 Å². The lowest BCUT2D eigenvalue weighted by Crippen LogP contribution is -2.39. The highest BCUT2D eigenvalue weighted by atomic mass is 16.5. The molecule has 5 nitrogen and oxygen atoms in total. The summed E-state index contributed by atoms with van der Waals surface area (Å²) in [7, 11) is 0. The topological polar surface area (TPSA) is 74.2 Å². The van der Waals surface area contributed by atoms with Crippen LogP contribution in [0.4, 0.5) is 0 Å². The zero-order valence-corrected chi connectivity index (χ0v) is 11.9. The van der Waals surface area contributed by atoms with Crippen LogP contribution in [0.3, 0.4) is 0 Å². The number of rotatable bonds is 8. The second-order valence-corrected chi connectivity index (χ2v) is 5.12. The molecule has 2 unspecified atom stereocenters. The van der Waals surface area contributed by atoms with E-state index in [1.807, 2.05) is 6.92 Å². The lowest BCUT2D eigenvalue weighted by atomic mass is 10.0. The van der Waals surface area contributed by atoms with E-state index in [1.165, 1.54) is 0 Å². The third-order valence-corrected chi connectivity index (χ3v) is 2.85. The van der Waals surface area contributed by atoms with Crippen molar-refractivity contribution >= 4 is 0 Å². The summed E-state index contributed by atoms with van der Waals surface area (Å²) in [5, 5.41) is 3.98. The number of nitrogens with two attached hydrogens (primary N) is 1. The van der Waals surface area contributed by atoms with Gasteiger partial charge in [-0.05, 0) is 19.8 Å². The van der Waals surface area contributed by atoms with E-state index in [-0.39, 0.29) is 5.92 Å². The number of nitrogens with zero attached hydrogens (tertiary/aromatic N) is 2. The van der Waals surface area contributed by atoms with Gasteiger partial charge in [-0.1, -0.05) is 32.3 Å². The number of hydrogen-bond acceptors (Lipinski definition) is 5. The van der Waals surface area contributed by atoms with Crippen LogP contribution >= 0.6 is 0 Å². The summed E-state index contributed by atoms with van der Waals surface area (Å²) in [6.07, 6.45) is 3.11. The van der Waals surface area contributed by atoms with Gasteiger partial charge in [-0.2, -0.15) is 4.98 Å². The maximum Gasteiger partial charge on any atom is 0.229 e. The summed E-state index contributed by atoms with van der Waals surface area (Å²) >= 11 is 0. The summed E-state index contributed by atoms with van der Waals surface area (Å²) in [6, 6.07) is 0. The number of hydrogen-bond donors (Lipinski definition) is 1. The van der Waals surface area contributed by atoms with Crippen molar-refractivity contribution in [1.29, 1.82) is 0 Å². The second-order valence-electron chi connectivity index (χ2n) is 5.12. The van der Waals surface area contributed by atoms with Crippen molar-refractivity contribution < 1.29 is 9.26 Å². The van der Waals surface area contributed by atoms with E-state index in [2.05, 4.69) is 30.9 Å². The fourth-order valence-corrected chi connectivity index (χ4v) is 1.72. The molecule has 0 aromatic carbocycles. The number of aromatic nitrogens is 2. The van der Waals surface area contributed by atoms with Crippen LogP contribution < -0.4 is 5.73 Å². The van der Waals surface area contributed by atoms with Crippen LogP contribution in [0.25, 0.3) is 0 Å². The predicted octanol–water partition coefficient (Wildman–Crippen LogP) is 2.57. The normalized spacial score (nSPS) is 16.5. The molecule has 5 heteroatoms. The van der Waals surface area contributed by atoms with Crippen molar-refractivity contribution in [3.63, 3.8) is 0 Å². The molecule has 2 atom stereocenters. The fraction of sp³-hybridized carbons (Fsp3) is 0.846. The maximum absolute atomic E-state index is 6.16. The highest BCUT2D eigenvalue weighted by molar-refractivity contribution is 5.03. The minimum atomic E-state index is -0.692. The van der Waals surface area contributed by atoms with Crippen LogP contribution in [0, 0.1) is 0 Å². The molecule has 0 aliphatic carbocycles. The van der Waals surface area contributed by atoms with E-state index in [0.717, 1.165) is 19.3 Å². The van der Waals surface area contributed by atoms with Crippen molar-refractivity contribution in [2.45, 2.75) is 58.4 Å². The first kappa shape index (κ1) is 15.1. The molecule has 18 heavy (non-hydrogen) atoms. The van der Waals surface area contributed by atoms with Gasteiger partial charge in [0.25, 0.3) is 0 Å². The Kier molecular flexibility index (Phi) is 5.75. The second kappa shape index (κ2) is 6.85. The Morgan fingerprint density at radius 1 is 1.39 bits per heavy atom. The van der Waals surface area contributed by atoms with Gasteiger partial charge in [0.1, 0.15) is 5.54 Å². The minimum absolute atomic E-state index is 0.281. The average Bonchev–Trinajstić information content (AvgIpc) is 2.79. The molecule has 1 heterocycles. The van der Waals surface area contributed by atoms with Gasteiger partial charge in [0.05, 0.1) is 6.61 Å². The lowest BCUT2D eigenvalue weighted by molar-refractivity contribution is 0.0867. The van der Waals surface area contributed by atoms with E-state index < -0.39 is 5.54 Å². The van der Waals surface area contributed by atoms with E-state index >= 15 is 0 Å². The highest BCUT2D eigenvalue weighted by Gasteiger charge is 2.28. The zero-order chi connectivity index (χ0) is 13.6. The van der Waals surface area contributed by atoms with Gasteiger partial charge in [-0.15, -0.1) is 0 Å². The molecule has 0 fully saturated rings. The lowest BCUT2D eigenvalue weighted by Gasteiger charge is -2.19. The first-order valence-corrected chi connectivity index (χ1v) is 6.72. The molecule has 0 saturated carbocycles. The molecule has 1 aromatic rings. The quantitative estimate of drug-likeness (QED) is 0.723. The maximum atomic E-state index is 6.16. The Morgan fingerprint density at radius 3 is 2.72 bits per heavy atom. The predicted molar refractivity (Wildman–Crippen MR) is 70.3 cm³/mol. The van der Waals surface area contributed by atoms with E-state index in [0.29, 0.717) is 24.9 Å². The first-order valence-electron chi connectivity index (χ1n) is 6.72. The molecule has 0 amide bonds. The molecular weight excluding hydrogens is 230 g/mol. The van der Waals surface area contributed by atoms with E-state index in [9.17, 15) is 0 Å². The standard InChI is InChI=1S/C13H25N3O2/c1-5-7-10(3)11-15-12(16-18-11)13(4,14)9-17-8-6-2/h10H,5-9,14H2,1-4H3. The Labute approximate surface area is 109 Å². The fourth-order valence-electron chi connectivity index (χ4n) is 1.72. The Balaban J connectivity index is 2.65. The molecule has 2 N–H and O–H groups in total. The molecular formula is C13H25N3O2. The molecule has 0 aliphatic heterocycles. The van der Waals surface area contributed by atoms with Crippen LogP contribution in [-0.4, -0.2) is 23.4 Å². The number of ether oxygens (including phenoxy) is 1. The minimum Gasteiger partial charge on any atom is -0.379 e. The molecule has 0 saturated heterocycles. The molecule has 1 aromatic heterocycles. The third-order valence-electron chi connectivity index (χ3n) is 2.85.